The van der Waals surface area contributed by atoms with E-state index in [1.54, 1.807) is 0 Å². The minimum absolute atomic E-state index is 0.223. The summed E-state index contributed by atoms with van der Waals surface area (Å²) in [5.41, 5.74) is 13.9. The second-order valence-corrected chi connectivity index (χ2v) is 12.2. The number of furan rings is 1. The first-order valence-electron chi connectivity index (χ1n) is 15.3. The number of rotatable bonds is 6. The highest BCUT2D eigenvalue weighted by Crippen LogP contribution is 2.55. The zero-order chi connectivity index (χ0) is 29.8. The van der Waals surface area contributed by atoms with Gasteiger partial charge in [0, 0.05) is 27.6 Å². The van der Waals surface area contributed by atoms with E-state index in [2.05, 4.69) is 153 Å². The fourth-order valence-electron chi connectivity index (χ4n) is 7.06. The van der Waals surface area contributed by atoms with Gasteiger partial charge in [0.05, 0.1) is 5.69 Å². The van der Waals surface area contributed by atoms with E-state index in [1.165, 1.54) is 50.0 Å². The molecule has 0 aliphatic heterocycles. The summed E-state index contributed by atoms with van der Waals surface area (Å²) in [6.45, 7) is 8.65. The van der Waals surface area contributed by atoms with Crippen LogP contribution in [-0.4, -0.2) is 0 Å². The minimum Gasteiger partial charge on any atom is -0.456 e. The molecule has 212 valence electrons. The molecule has 1 aliphatic carbocycles. The van der Waals surface area contributed by atoms with Crippen molar-refractivity contribution in [2.45, 2.75) is 25.7 Å². The van der Waals surface area contributed by atoms with Crippen LogP contribution in [0.25, 0.3) is 44.2 Å². The van der Waals surface area contributed by atoms with Crippen molar-refractivity contribution < 1.29 is 4.42 Å². The molecular formula is C42H33NO. The molecule has 2 heteroatoms. The van der Waals surface area contributed by atoms with E-state index in [-0.39, 0.29) is 5.41 Å². The van der Waals surface area contributed by atoms with Crippen molar-refractivity contribution in [3.8, 4) is 22.3 Å². The fraction of sp³-hybridized carbons (Fsp3) is 0.0952. The van der Waals surface area contributed by atoms with Gasteiger partial charge in [-0.25, -0.2) is 0 Å². The van der Waals surface area contributed by atoms with Crippen molar-refractivity contribution in [2.75, 3.05) is 4.90 Å². The Morgan fingerprint density at radius 3 is 2.07 bits per heavy atom. The van der Waals surface area contributed by atoms with Crippen molar-refractivity contribution in [3.05, 3.63) is 163 Å². The van der Waals surface area contributed by atoms with E-state index in [0.29, 0.717) is 0 Å². The highest BCUT2D eigenvalue weighted by Gasteiger charge is 2.39. The highest BCUT2D eigenvalue weighted by atomic mass is 16.3. The largest absolute Gasteiger partial charge is 0.456 e. The van der Waals surface area contributed by atoms with Crippen LogP contribution in [0.5, 0.6) is 0 Å². The molecule has 0 atom stereocenters. The van der Waals surface area contributed by atoms with Gasteiger partial charge in [-0.3, -0.25) is 0 Å². The van der Waals surface area contributed by atoms with Crippen LogP contribution in [0.15, 0.2) is 151 Å². The molecule has 0 radical (unpaired) electrons. The maximum atomic E-state index is 6.34. The summed E-state index contributed by atoms with van der Waals surface area (Å²) < 4.78 is 6.34. The molecule has 0 N–H and O–H groups in total. The molecule has 0 unspecified atom stereocenters. The number of para-hydroxylation sites is 1. The Labute approximate surface area is 258 Å². The second kappa shape index (κ2) is 10.1. The zero-order valence-electron chi connectivity index (χ0n) is 25.0. The van der Waals surface area contributed by atoms with Crippen LogP contribution in [0.4, 0.5) is 17.1 Å². The van der Waals surface area contributed by atoms with Crippen LogP contribution in [0.1, 0.15) is 30.5 Å². The number of nitrogens with zero attached hydrogens (tertiary/aromatic N) is 1. The molecule has 0 amide bonds. The maximum Gasteiger partial charge on any atom is 0.136 e. The monoisotopic (exact) mass is 567 g/mol. The average Bonchev–Trinajstić information content (AvgIpc) is 3.54. The Balaban J connectivity index is 1.32. The number of hydrogen-bond acceptors (Lipinski definition) is 2. The average molecular weight is 568 g/mol. The van der Waals surface area contributed by atoms with Gasteiger partial charge in [-0.1, -0.05) is 105 Å². The molecule has 0 saturated carbocycles. The molecule has 6 aromatic carbocycles. The summed E-state index contributed by atoms with van der Waals surface area (Å²) >= 11 is 0. The van der Waals surface area contributed by atoms with E-state index in [4.69, 9.17) is 4.42 Å². The second-order valence-electron chi connectivity index (χ2n) is 12.2. The first-order chi connectivity index (χ1) is 21.5. The molecule has 2 nitrogen and oxygen atoms in total. The number of fused-ring (bicyclic) bond motifs is 6. The first kappa shape index (κ1) is 26.3. The van der Waals surface area contributed by atoms with Crippen LogP contribution in [-0.2, 0) is 11.8 Å². The Morgan fingerprint density at radius 2 is 1.32 bits per heavy atom. The van der Waals surface area contributed by atoms with Gasteiger partial charge >= 0.3 is 0 Å². The van der Waals surface area contributed by atoms with E-state index in [9.17, 15) is 0 Å². The summed E-state index contributed by atoms with van der Waals surface area (Å²) in [5.74, 6) is 0. The van der Waals surface area contributed by atoms with E-state index < -0.39 is 0 Å². The standard InChI is InChI=1S/C42H33NO/c1-4-11-28-18-22-31(23-19-28)43(32-24-20-30(21-25-32)29-12-6-5-7-13-29)38-16-10-15-34-35-27-40-36(26-37(35)42(2,3)41(34)38)33-14-8-9-17-39(33)44-40/h4-10,12-27H,1,11H2,2-3H3. The van der Waals surface area contributed by atoms with Crippen molar-refractivity contribution in [3.63, 3.8) is 0 Å². The molecule has 0 saturated heterocycles. The molecule has 8 rings (SSSR count). The minimum atomic E-state index is -0.223. The molecule has 0 fully saturated rings. The summed E-state index contributed by atoms with van der Waals surface area (Å²) in [4.78, 5) is 2.42. The van der Waals surface area contributed by atoms with Crippen LogP contribution in [0, 0.1) is 0 Å². The van der Waals surface area contributed by atoms with Crippen molar-refractivity contribution in [2.24, 2.45) is 0 Å². The van der Waals surface area contributed by atoms with Gasteiger partial charge in [0.15, 0.2) is 0 Å². The Bertz CT molecular complexity index is 2170. The first-order valence-corrected chi connectivity index (χ1v) is 15.3. The SMILES string of the molecule is C=CCc1ccc(N(c2ccc(-c3ccccc3)cc2)c2cccc3c2C(C)(C)c2cc4c(cc2-3)oc2ccccc24)cc1. The van der Waals surface area contributed by atoms with Crippen LogP contribution >= 0.6 is 0 Å². The van der Waals surface area contributed by atoms with Gasteiger partial charge in [0.2, 0.25) is 0 Å². The molecule has 1 aliphatic rings. The highest BCUT2D eigenvalue weighted by molar-refractivity contribution is 6.08. The third kappa shape index (κ3) is 4.10. The predicted molar refractivity (Wildman–Crippen MR) is 185 cm³/mol. The normalized spacial score (nSPS) is 13.1. The summed E-state index contributed by atoms with van der Waals surface area (Å²) in [6.07, 6.45) is 2.81. The molecule has 1 heterocycles. The fourth-order valence-corrected chi connectivity index (χ4v) is 7.06. The lowest BCUT2D eigenvalue weighted by molar-refractivity contribution is 0.658. The lowest BCUT2D eigenvalue weighted by Crippen LogP contribution is -2.20. The Morgan fingerprint density at radius 1 is 0.636 bits per heavy atom. The molecular weight excluding hydrogens is 534 g/mol. The van der Waals surface area contributed by atoms with Gasteiger partial charge < -0.3 is 9.32 Å². The van der Waals surface area contributed by atoms with Crippen LogP contribution in [0.2, 0.25) is 0 Å². The quantitative estimate of drug-likeness (QED) is 0.186. The summed E-state index contributed by atoms with van der Waals surface area (Å²) in [5, 5.41) is 2.34. The lowest BCUT2D eigenvalue weighted by Gasteiger charge is -2.32. The Hall–Kier alpha value is -5.34. The third-order valence-corrected chi connectivity index (χ3v) is 9.20. The number of benzene rings is 6. The van der Waals surface area contributed by atoms with Crippen molar-refractivity contribution in [1.29, 1.82) is 0 Å². The van der Waals surface area contributed by atoms with Crippen molar-refractivity contribution >= 4 is 39.0 Å². The van der Waals surface area contributed by atoms with Gasteiger partial charge in [-0.05, 0) is 93.9 Å². The van der Waals surface area contributed by atoms with Crippen molar-refractivity contribution in [1.82, 2.24) is 0 Å². The van der Waals surface area contributed by atoms with Gasteiger partial charge in [0.25, 0.3) is 0 Å². The molecule has 7 aromatic rings. The third-order valence-electron chi connectivity index (χ3n) is 9.20. The topological polar surface area (TPSA) is 16.4 Å². The van der Waals surface area contributed by atoms with Gasteiger partial charge in [0.1, 0.15) is 11.2 Å². The lowest BCUT2D eigenvalue weighted by atomic mass is 9.80. The Kier molecular flexibility index (Phi) is 6.06. The van der Waals surface area contributed by atoms with Gasteiger partial charge in [-0.2, -0.15) is 0 Å². The van der Waals surface area contributed by atoms with E-state index >= 15 is 0 Å². The molecule has 0 spiro atoms. The predicted octanol–water partition coefficient (Wildman–Crippen LogP) is 11.8. The number of allylic oxidation sites excluding steroid dienone is 1. The van der Waals surface area contributed by atoms with E-state index in [0.717, 1.165) is 34.3 Å². The number of hydrogen-bond donors (Lipinski definition) is 0. The molecule has 0 bridgehead atoms. The van der Waals surface area contributed by atoms with E-state index in [1.807, 2.05) is 12.1 Å². The van der Waals surface area contributed by atoms with Crippen LogP contribution in [0.3, 0.4) is 0 Å². The van der Waals surface area contributed by atoms with Gasteiger partial charge in [-0.15, -0.1) is 6.58 Å². The zero-order valence-corrected chi connectivity index (χ0v) is 25.0. The molecule has 44 heavy (non-hydrogen) atoms. The summed E-state index contributed by atoms with van der Waals surface area (Å²) in [6, 6.07) is 48.1. The number of anilines is 3. The smallest absolute Gasteiger partial charge is 0.136 e. The molecule has 1 aromatic heterocycles. The summed E-state index contributed by atoms with van der Waals surface area (Å²) in [7, 11) is 0. The maximum absolute atomic E-state index is 6.34. The van der Waals surface area contributed by atoms with Crippen LogP contribution < -0.4 is 4.90 Å².